The van der Waals surface area contributed by atoms with Gasteiger partial charge in [-0.3, -0.25) is 0 Å². The average Bonchev–Trinajstić information content (AvgIpc) is 3.52. The summed E-state index contributed by atoms with van der Waals surface area (Å²) in [7, 11) is 0. The molecule has 0 unspecified atom stereocenters. The zero-order valence-corrected chi connectivity index (χ0v) is 23.5. The molecule has 0 bridgehead atoms. The Balaban J connectivity index is 1.36. The minimum Gasteiger partial charge on any atom is -0.309 e. The van der Waals surface area contributed by atoms with Gasteiger partial charge in [-0.1, -0.05) is 129 Å². The van der Waals surface area contributed by atoms with E-state index in [1.165, 1.54) is 33.3 Å². The average molecular weight is 541 g/mol. The van der Waals surface area contributed by atoms with Gasteiger partial charge in [0.1, 0.15) is 0 Å². The van der Waals surface area contributed by atoms with Gasteiger partial charge in [-0.2, -0.15) is 0 Å². The number of rotatable bonds is 4. The highest BCUT2D eigenvalue weighted by atomic mass is 15.0. The summed E-state index contributed by atoms with van der Waals surface area (Å²) in [4.78, 5) is 14.8. The van der Waals surface area contributed by atoms with E-state index in [9.17, 15) is 0 Å². The minimum atomic E-state index is -0.0994. The molecule has 4 heteroatoms. The van der Waals surface area contributed by atoms with Gasteiger partial charge in [0.15, 0.2) is 17.5 Å². The van der Waals surface area contributed by atoms with Crippen molar-refractivity contribution in [2.75, 3.05) is 0 Å². The molecule has 5 aromatic carbocycles. The van der Waals surface area contributed by atoms with E-state index in [4.69, 9.17) is 15.0 Å². The molecular formula is C38H28N4. The second-order valence-electron chi connectivity index (χ2n) is 11.3. The Kier molecular flexibility index (Phi) is 5.44. The molecule has 0 N–H and O–H groups in total. The van der Waals surface area contributed by atoms with Crippen LogP contribution in [0.2, 0.25) is 0 Å². The lowest BCUT2D eigenvalue weighted by molar-refractivity contribution is 0.666. The molecule has 1 aliphatic carbocycles. The van der Waals surface area contributed by atoms with Gasteiger partial charge in [0.25, 0.3) is 0 Å². The van der Waals surface area contributed by atoms with Gasteiger partial charge in [-0.05, 0) is 29.3 Å². The maximum absolute atomic E-state index is 4.98. The van der Waals surface area contributed by atoms with Crippen LogP contribution < -0.4 is 0 Å². The first-order valence-electron chi connectivity index (χ1n) is 14.3. The third-order valence-electron chi connectivity index (χ3n) is 8.42. The molecule has 0 saturated heterocycles. The van der Waals surface area contributed by atoms with Crippen LogP contribution in [0.15, 0.2) is 133 Å². The fourth-order valence-electron chi connectivity index (χ4n) is 6.49. The van der Waals surface area contributed by atoms with Crippen molar-refractivity contribution < 1.29 is 0 Å². The lowest BCUT2D eigenvalue weighted by Crippen LogP contribution is -2.14. The Morgan fingerprint density at radius 2 is 1.07 bits per heavy atom. The third-order valence-corrected chi connectivity index (χ3v) is 8.42. The van der Waals surface area contributed by atoms with Crippen LogP contribution in [0.4, 0.5) is 0 Å². The number of benzene rings is 5. The second kappa shape index (κ2) is 9.35. The molecule has 0 aliphatic heterocycles. The Morgan fingerprint density at radius 3 is 1.76 bits per heavy atom. The first-order chi connectivity index (χ1) is 20.6. The van der Waals surface area contributed by atoms with Crippen LogP contribution in [0.25, 0.3) is 62.0 Å². The minimum absolute atomic E-state index is 0.0994. The summed E-state index contributed by atoms with van der Waals surface area (Å²) in [5, 5.41) is 1.29. The Morgan fingerprint density at radius 1 is 0.524 bits per heavy atom. The molecule has 0 atom stereocenters. The lowest BCUT2D eigenvalue weighted by Gasteiger charge is -2.21. The van der Waals surface area contributed by atoms with Crippen LogP contribution >= 0.6 is 0 Å². The van der Waals surface area contributed by atoms with Gasteiger partial charge in [0, 0.05) is 38.7 Å². The monoisotopic (exact) mass is 540 g/mol. The maximum Gasteiger partial charge on any atom is 0.164 e. The van der Waals surface area contributed by atoms with E-state index in [0.29, 0.717) is 17.5 Å². The van der Waals surface area contributed by atoms with Gasteiger partial charge < -0.3 is 4.57 Å². The molecule has 7 aromatic rings. The van der Waals surface area contributed by atoms with Gasteiger partial charge in [0.2, 0.25) is 0 Å². The molecule has 0 spiro atoms. The predicted molar refractivity (Wildman–Crippen MR) is 171 cm³/mol. The molecule has 0 saturated carbocycles. The summed E-state index contributed by atoms with van der Waals surface area (Å²) in [5.41, 5.74) is 10.3. The first-order valence-corrected chi connectivity index (χ1v) is 14.3. The van der Waals surface area contributed by atoms with E-state index in [-0.39, 0.29) is 5.41 Å². The van der Waals surface area contributed by atoms with E-state index >= 15 is 0 Å². The number of nitrogens with zero attached hydrogens (tertiary/aromatic N) is 4. The number of hydrogen-bond donors (Lipinski definition) is 0. The summed E-state index contributed by atoms with van der Waals surface area (Å²) in [5.74, 6) is 1.97. The van der Waals surface area contributed by atoms with Crippen molar-refractivity contribution >= 4 is 10.9 Å². The van der Waals surface area contributed by atoms with Gasteiger partial charge >= 0.3 is 0 Å². The van der Waals surface area contributed by atoms with Crippen molar-refractivity contribution in [1.29, 1.82) is 0 Å². The van der Waals surface area contributed by atoms with Crippen molar-refractivity contribution in [1.82, 2.24) is 19.5 Å². The highest BCUT2D eigenvalue weighted by Crippen LogP contribution is 2.53. The van der Waals surface area contributed by atoms with Crippen LogP contribution in [0, 0.1) is 0 Å². The normalized spacial score (nSPS) is 13.2. The summed E-state index contributed by atoms with van der Waals surface area (Å²) < 4.78 is 2.42. The third kappa shape index (κ3) is 3.72. The maximum atomic E-state index is 4.98. The summed E-state index contributed by atoms with van der Waals surface area (Å²) in [6.07, 6.45) is 0. The quantitative estimate of drug-likeness (QED) is 0.224. The molecule has 0 radical (unpaired) electrons. The van der Waals surface area contributed by atoms with Crippen LogP contribution in [0.3, 0.4) is 0 Å². The fourth-order valence-corrected chi connectivity index (χ4v) is 6.49. The topological polar surface area (TPSA) is 43.6 Å². The highest BCUT2D eigenvalue weighted by Gasteiger charge is 2.40. The Labute approximate surface area is 245 Å². The number of para-hydroxylation sites is 1. The van der Waals surface area contributed by atoms with Crippen molar-refractivity contribution in [3.05, 3.63) is 145 Å². The molecule has 8 rings (SSSR count). The predicted octanol–water partition coefficient (Wildman–Crippen LogP) is 9.12. The summed E-state index contributed by atoms with van der Waals surface area (Å²) in [6.45, 7) is 4.68. The van der Waals surface area contributed by atoms with Crippen molar-refractivity contribution in [2.24, 2.45) is 0 Å². The first kappa shape index (κ1) is 24.4. The van der Waals surface area contributed by atoms with Gasteiger partial charge in [-0.15, -0.1) is 0 Å². The smallest absolute Gasteiger partial charge is 0.164 e. The summed E-state index contributed by atoms with van der Waals surface area (Å²) in [6, 6.07) is 46.4. The van der Waals surface area contributed by atoms with Crippen molar-refractivity contribution in [3.63, 3.8) is 0 Å². The summed E-state index contributed by atoms with van der Waals surface area (Å²) >= 11 is 0. The van der Waals surface area contributed by atoms with Crippen LogP contribution in [-0.2, 0) is 5.41 Å². The van der Waals surface area contributed by atoms with Gasteiger partial charge in [0.05, 0.1) is 11.2 Å². The van der Waals surface area contributed by atoms with E-state index in [1.54, 1.807) is 0 Å². The Bertz CT molecular complexity index is 2050. The lowest BCUT2D eigenvalue weighted by atomic mass is 9.81. The SMILES string of the molecule is CC1(C)c2ccccc2-c2c1c1ccccc1n2-c1cccc(-c2nc(-c3ccccc3)nc(-c3ccccc3)n2)c1. The molecule has 4 nitrogen and oxygen atoms in total. The molecular weight excluding hydrogens is 512 g/mol. The molecule has 0 amide bonds. The van der Waals surface area contributed by atoms with Crippen LogP contribution in [0.5, 0.6) is 0 Å². The van der Waals surface area contributed by atoms with E-state index in [2.05, 4.69) is 91.2 Å². The molecule has 1 aliphatic rings. The van der Waals surface area contributed by atoms with Crippen LogP contribution in [-0.4, -0.2) is 19.5 Å². The second-order valence-corrected chi connectivity index (χ2v) is 11.3. The fraction of sp³-hybridized carbons (Fsp3) is 0.0789. The van der Waals surface area contributed by atoms with Crippen LogP contribution in [0.1, 0.15) is 25.0 Å². The van der Waals surface area contributed by atoms with E-state index in [1.807, 2.05) is 60.7 Å². The van der Waals surface area contributed by atoms with Crippen molar-refractivity contribution in [3.8, 4) is 51.1 Å². The largest absolute Gasteiger partial charge is 0.309 e. The van der Waals surface area contributed by atoms with Gasteiger partial charge in [-0.25, -0.2) is 15.0 Å². The molecule has 42 heavy (non-hydrogen) atoms. The molecule has 0 fully saturated rings. The van der Waals surface area contributed by atoms with Crippen molar-refractivity contribution in [2.45, 2.75) is 19.3 Å². The highest BCUT2D eigenvalue weighted by molar-refractivity contribution is 5.99. The zero-order chi connectivity index (χ0) is 28.3. The van der Waals surface area contributed by atoms with E-state index < -0.39 is 0 Å². The van der Waals surface area contributed by atoms with E-state index in [0.717, 1.165) is 22.4 Å². The molecule has 200 valence electrons. The number of aromatic nitrogens is 4. The number of hydrogen-bond acceptors (Lipinski definition) is 3. The molecule has 2 heterocycles. The molecule has 2 aromatic heterocycles. The number of fused-ring (bicyclic) bond motifs is 5. The zero-order valence-electron chi connectivity index (χ0n) is 23.5. The standard InChI is InChI=1S/C38H28N4/c1-38(2)31-22-11-9-20-29(31)34-33(38)30-21-10-12-23-32(30)42(34)28-19-13-18-27(24-28)37-40-35(25-14-5-3-6-15-25)39-36(41-37)26-16-7-4-8-17-26/h3-24H,1-2H3. The Hall–Kier alpha value is -5.35.